The Morgan fingerprint density at radius 3 is 2.84 bits per heavy atom. The first-order chi connectivity index (χ1) is 12.0. The molecule has 128 valence electrons. The van der Waals surface area contributed by atoms with Gasteiger partial charge in [0.25, 0.3) is 0 Å². The van der Waals surface area contributed by atoms with Crippen LogP contribution in [-0.4, -0.2) is 18.1 Å². The molecule has 25 heavy (non-hydrogen) atoms. The molecule has 0 aliphatic carbocycles. The number of carbonyl (C=O) groups is 1. The molecule has 0 bridgehead atoms. The number of ether oxygens (including phenoxy) is 1. The predicted octanol–water partition coefficient (Wildman–Crippen LogP) is 4.33. The number of halogens is 1. The van der Waals surface area contributed by atoms with E-state index in [4.69, 9.17) is 10.5 Å². The topological polar surface area (TPSA) is 80.5 Å². The van der Waals surface area contributed by atoms with Gasteiger partial charge in [0.05, 0.1) is 6.20 Å². The highest BCUT2D eigenvalue weighted by Crippen LogP contribution is 2.30. The number of hydrogen-bond donors (Lipinski definition) is 2. The molecule has 0 saturated heterocycles. The highest BCUT2D eigenvalue weighted by atomic mass is 32.1. The van der Waals surface area contributed by atoms with Gasteiger partial charge in [-0.05, 0) is 30.3 Å². The van der Waals surface area contributed by atoms with Crippen LogP contribution in [0.3, 0.4) is 0 Å². The zero-order chi connectivity index (χ0) is 17.8. The van der Waals surface area contributed by atoms with Crippen LogP contribution in [0.15, 0.2) is 54.7 Å². The molecule has 0 radical (unpaired) electrons. The van der Waals surface area contributed by atoms with Gasteiger partial charge in [0.1, 0.15) is 11.6 Å². The quantitative estimate of drug-likeness (QED) is 0.681. The maximum atomic E-state index is 13.2. The molecule has 0 aliphatic heterocycles. The summed E-state index contributed by atoms with van der Waals surface area (Å²) in [6.45, 7) is 0. The summed E-state index contributed by atoms with van der Waals surface area (Å²) >= 11 is 1.14. The van der Waals surface area contributed by atoms with Gasteiger partial charge in [0.2, 0.25) is 5.06 Å². The molecule has 0 spiro atoms. The first kappa shape index (κ1) is 16.7. The maximum absolute atomic E-state index is 13.2. The molecule has 2 amide bonds. The Bertz CT molecular complexity index is 900. The number of rotatable bonds is 4. The van der Waals surface area contributed by atoms with Crippen molar-refractivity contribution in [1.82, 2.24) is 4.98 Å². The van der Waals surface area contributed by atoms with Crippen molar-refractivity contribution in [2.75, 3.05) is 23.0 Å². The highest BCUT2D eigenvalue weighted by molar-refractivity contribution is 7.17. The molecule has 0 unspecified atom stereocenters. The minimum Gasteiger partial charge on any atom is -0.445 e. The van der Waals surface area contributed by atoms with E-state index in [1.54, 1.807) is 43.4 Å². The molecule has 0 saturated carbocycles. The van der Waals surface area contributed by atoms with Crippen molar-refractivity contribution < 1.29 is 13.9 Å². The number of nitrogens with two attached hydrogens (primary N) is 1. The van der Waals surface area contributed by atoms with Crippen LogP contribution in [-0.2, 0) is 0 Å². The number of nitrogens with one attached hydrogen (secondary N) is 1. The molecule has 2 aromatic carbocycles. The Hall–Kier alpha value is -3.13. The number of anilines is 3. The maximum Gasteiger partial charge on any atom is 0.327 e. The summed E-state index contributed by atoms with van der Waals surface area (Å²) in [5.74, 6) is -0.0299. The van der Waals surface area contributed by atoms with Crippen molar-refractivity contribution in [2.24, 2.45) is 0 Å². The third-order valence-corrected chi connectivity index (χ3v) is 4.07. The SMILES string of the molecule is CN(C(=O)Nc1ncc(Oc2cccc(F)c2)s1)c1cccc(N)c1. The lowest BCUT2D eigenvalue weighted by Gasteiger charge is -2.17. The molecule has 3 aromatic rings. The van der Waals surface area contributed by atoms with E-state index in [1.807, 2.05) is 0 Å². The molecule has 3 rings (SSSR count). The molecular formula is C17H15FN4O2S. The Balaban J connectivity index is 1.65. The smallest absolute Gasteiger partial charge is 0.327 e. The van der Waals surface area contributed by atoms with Crippen molar-refractivity contribution in [2.45, 2.75) is 0 Å². The number of thiazole rings is 1. The number of benzene rings is 2. The fourth-order valence-corrected chi connectivity index (χ4v) is 2.71. The summed E-state index contributed by atoms with van der Waals surface area (Å²) in [7, 11) is 1.63. The van der Waals surface area contributed by atoms with Gasteiger partial charge in [-0.1, -0.05) is 23.5 Å². The number of hydrogen-bond acceptors (Lipinski definition) is 5. The predicted molar refractivity (Wildman–Crippen MR) is 96.9 cm³/mol. The first-order valence-corrected chi connectivity index (χ1v) is 8.12. The third-order valence-electron chi connectivity index (χ3n) is 3.28. The van der Waals surface area contributed by atoms with Crippen molar-refractivity contribution in [3.8, 4) is 10.8 Å². The zero-order valence-corrected chi connectivity index (χ0v) is 14.1. The highest BCUT2D eigenvalue weighted by Gasteiger charge is 2.14. The Labute approximate surface area is 147 Å². The number of carbonyl (C=O) groups excluding carboxylic acids is 1. The third kappa shape index (κ3) is 4.24. The van der Waals surface area contributed by atoms with Crippen LogP contribution in [0.1, 0.15) is 0 Å². The second-order valence-electron chi connectivity index (χ2n) is 5.13. The van der Waals surface area contributed by atoms with E-state index in [2.05, 4.69) is 10.3 Å². The van der Waals surface area contributed by atoms with Crippen molar-refractivity contribution in [3.63, 3.8) is 0 Å². The second kappa shape index (κ2) is 7.18. The Kier molecular flexibility index (Phi) is 4.80. The lowest BCUT2D eigenvalue weighted by molar-refractivity contribution is 0.258. The summed E-state index contributed by atoms with van der Waals surface area (Å²) in [6, 6.07) is 12.4. The molecule has 0 fully saturated rings. The van der Waals surface area contributed by atoms with Crippen molar-refractivity contribution in [3.05, 3.63) is 60.5 Å². The van der Waals surface area contributed by atoms with Crippen LogP contribution in [0.25, 0.3) is 0 Å². The van der Waals surface area contributed by atoms with Gasteiger partial charge >= 0.3 is 6.03 Å². The van der Waals surface area contributed by atoms with Gasteiger partial charge in [-0.3, -0.25) is 10.2 Å². The van der Waals surface area contributed by atoms with Crippen LogP contribution in [0.2, 0.25) is 0 Å². The van der Waals surface area contributed by atoms with Gasteiger partial charge in [-0.25, -0.2) is 14.2 Å². The number of aromatic nitrogens is 1. The summed E-state index contributed by atoms with van der Waals surface area (Å²) in [5, 5.41) is 3.48. The van der Waals surface area contributed by atoms with Crippen LogP contribution in [0.4, 0.5) is 25.7 Å². The summed E-state index contributed by atoms with van der Waals surface area (Å²) in [6.07, 6.45) is 1.46. The fourth-order valence-electron chi connectivity index (χ4n) is 2.04. The van der Waals surface area contributed by atoms with Crippen molar-refractivity contribution >= 4 is 33.9 Å². The standard InChI is InChI=1S/C17H15FN4O2S/c1-22(13-6-3-5-12(19)9-13)17(23)21-16-20-10-15(25-16)24-14-7-2-4-11(18)8-14/h2-10H,19H2,1H3,(H,20,21,23). The number of amides is 2. The normalized spacial score (nSPS) is 10.3. The minimum atomic E-state index is -0.390. The molecule has 8 heteroatoms. The lowest BCUT2D eigenvalue weighted by Crippen LogP contribution is -2.31. The first-order valence-electron chi connectivity index (χ1n) is 7.31. The number of urea groups is 1. The van der Waals surface area contributed by atoms with Crippen LogP contribution in [0.5, 0.6) is 10.8 Å². The largest absolute Gasteiger partial charge is 0.445 e. The Morgan fingerprint density at radius 1 is 1.28 bits per heavy atom. The van der Waals surface area contributed by atoms with Crippen LogP contribution >= 0.6 is 11.3 Å². The van der Waals surface area contributed by atoms with E-state index < -0.39 is 0 Å². The lowest BCUT2D eigenvalue weighted by atomic mass is 10.3. The average molecular weight is 358 g/mol. The van der Waals surface area contributed by atoms with Crippen LogP contribution in [0, 0.1) is 5.82 Å². The van der Waals surface area contributed by atoms with Gasteiger partial charge in [0.15, 0.2) is 5.13 Å². The van der Waals surface area contributed by atoms with E-state index in [0.29, 0.717) is 27.3 Å². The zero-order valence-electron chi connectivity index (χ0n) is 13.3. The van der Waals surface area contributed by atoms with E-state index >= 15 is 0 Å². The molecule has 6 nitrogen and oxygen atoms in total. The molecule has 0 atom stereocenters. The number of nitrogen functional groups attached to an aromatic ring is 1. The molecule has 1 aromatic heterocycles. The summed E-state index contributed by atoms with van der Waals surface area (Å²) in [5.41, 5.74) is 6.95. The van der Waals surface area contributed by atoms with E-state index in [0.717, 1.165) is 11.3 Å². The summed E-state index contributed by atoms with van der Waals surface area (Å²) < 4.78 is 18.7. The van der Waals surface area contributed by atoms with Gasteiger partial charge in [-0.2, -0.15) is 0 Å². The monoisotopic (exact) mass is 358 g/mol. The van der Waals surface area contributed by atoms with E-state index in [-0.39, 0.29) is 11.8 Å². The second-order valence-corrected chi connectivity index (χ2v) is 6.12. The van der Waals surface area contributed by atoms with Gasteiger partial charge in [0, 0.05) is 24.5 Å². The fraction of sp³-hybridized carbons (Fsp3) is 0.0588. The number of nitrogens with zero attached hydrogens (tertiary/aromatic N) is 2. The van der Waals surface area contributed by atoms with Gasteiger partial charge in [-0.15, -0.1) is 0 Å². The summed E-state index contributed by atoms with van der Waals surface area (Å²) in [4.78, 5) is 17.8. The van der Waals surface area contributed by atoms with Crippen molar-refractivity contribution in [1.29, 1.82) is 0 Å². The molecule has 3 N–H and O–H groups in total. The van der Waals surface area contributed by atoms with E-state index in [9.17, 15) is 9.18 Å². The van der Waals surface area contributed by atoms with E-state index in [1.165, 1.54) is 23.2 Å². The minimum absolute atomic E-state index is 0.360. The molecule has 1 heterocycles. The van der Waals surface area contributed by atoms with Crippen LogP contribution < -0.4 is 20.7 Å². The molecular weight excluding hydrogens is 343 g/mol. The molecule has 0 aliphatic rings. The Morgan fingerprint density at radius 2 is 2.08 bits per heavy atom. The van der Waals surface area contributed by atoms with Gasteiger partial charge < -0.3 is 10.5 Å². The average Bonchev–Trinajstić information content (AvgIpc) is 3.01.